The van der Waals surface area contributed by atoms with E-state index in [4.69, 9.17) is 9.47 Å². The molecular weight excluding hydrogens is 342 g/mol. The number of methoxy groups -OCH3 is 1. The molecule has 0 aliphatic rings. The number of hydrogen-bond donors (Lipinski definition) is 0. The Morgan fingerprint density at radius 2 is 1.70 bits per heavy atom. The van der Waals surface area contributed by atoms with Gasteiger partial charge in [-0.25, -0.2) is 4.79 Å². The van der Waals surface area contributed by atoms with Crippen LogP contribution in [-0.4, -0.2) is 25.1 Å². The summed E-state index contributed by atoms with van der Waals surface area (Å²) in [5.41, 5.74) is 0.999. The van der Waals surface area contributed by atoms with E-state index < -0.39 is 11.7 Å². The molecule has 5 heteroatoms. The lowest BCUT2D eigenvalue weighted by atomic mass is 10.00. The topological polar surface area (TPSA) is 55.8 Å². The number of anilines is 1. The van der Waals surface area contributed by atoms with Crippen LogP contribution >= 0.6 is 0 Å². The van der Waals surface area contributed by atoms with E-state index in [1.165, 1.54) is 0 Å². The van der Waals surface area contributed by atoms with E-state index >= 15 is 0 Å². The molecule has 0 heterocycles. The molecule has 0 N–H and O–H groups in total. The third-order valence-electron chi connectivity index (χ3n) is 3.99. The van der Waals surface area contributed by atoms with Crippen molar-refractivity contribution in [3.05, 3.63) is 60.2 Å². The highest BCUT2D eigenvalue weighted by atomic mass is 16.6. The van der Waals surface area contributed by atoms with Crippen LogP contribution in [0.5, 0.6) is 5.75 Å². The normalized spacial score (nSPS) is 12.1. The number of benzene rings is 2. The van der Waals surface area contributed by atoms with Crippen molar-refractivity contribution in [2.75, 3.05) is 12.0 Å². The molecule has 2 aromatic rings. The van der Waals surface area contributed by atoms with Gasteiger partial charge in [-0.1, -0.05) is 30.3 Å². The fourth-order valence-electron chi connectivity index (χ4n) is 2.81. The zero-order valence-corrected chi connectivity index (χ0v) is 16.3. The summed E-state index contributed by atoms with van der Waals surface area (Å²) in [6, 6.07) is 16.6. The first-order valence-electron chi connectivity index (χ1n) is 9.00. The summed E-state index contributed by atoms with van der Waals surface area (Å²) in [7, 11) is 1.59. The van der Waals surface area contributed by atoms with Crippen molar-refractivity contribution in [1.82, 2.24) is 0 Å². The second kappa shape index (κ2) is 9.21. The minimum atomic E-state index is -0.631. The van der Waals surface area contributed by atoms with Gasteiger partial charge >= 0.3 is 6.09 Å². The number of carbonyl (C=O) groups is 2. The first kappa shape index (κ1) is 20.5. The number of hydrogen-bond acceptors (Lipinski definition) is 4. The third kappa shape index (κ3) is 5.84. The van der Waals surface area contributed by atoms with E-state index in [9.17, 15) is 9.59 Å². The Labute approximate surface area is 160 Å². The Kier molecular flexibility index (Phi) is 6.99. The lowest BCUT2D eigenvalue weighted by molar-refractivity contribution is -0.108. The molecule has 0 bridgehead atoms. The van der Waals surface area contributed by atoms with E-state index in [1.807, 2.05) is 63.2 Å². The monoisotopic (exact) mass is 369 g/mol. The summed E-state index contributed by atoms with van der Waals surface area (Å²) >= 11 is 0. The average Bonchev–Trinajstić information content (AvgIpc) is 2.64. The van der Waals surface area contributed by atoms with Crippen LogP contribution in [0.1, 0.15) is 45.2 Å². The summed E-state index contributed by atoms with van der Waals surface area (Å²) in [6.07, 6.45) is 1.26. The predicted octanol–water partition coefficient (Wildman–Crippen LogP) is 5.16. The number of carbonyl (C=O) groups excluding carboxylic acids is 2. The van der Waals surface area contributed by atoms with Crippen molar-refractivity contribution in [2.45, 2.75) is 45.3 Å². The maximum absolute atomic E-state index is 13.1. The fraction of sp³-hybridized carbons (Fsp3) is 0.364. The molecule has 5 nitrogen and oxygen atoms in total. The van der Waals surface area contributed by atoms with Gasteiger partial charge in [0.1, 0.15) is 17.6 Å². The van der Waals surface area contributed by atoms with E-state index in [0.717, 1.165) is 11.8 Å². The van der Waals surface area contributed by atoms with Crippen molar-refractivity contribution in [2.24, 2.45) is 0 Å². The SMILES string of the molecule is COc1ccc(N(C(=O)OC(C)(C)C)[C@H](CCC=O)c2ccccc2)cc1. The summed E-state index contributed by atoms with van der Waals surface area (Å²) in [5, 5.41) is 0. The van der Waals surface area contributed by atoms with Gasteiger partial charge in [-0.2, -0.15) is 0 Å². The number of nitrogens with zero attached hydrogens (tertiary/aromatic N) is 1. The molecule has 0 fully saturated rings. The molecule has 0 spiro atoms. The van der Waals surface area contributed by atoms with Crippen LogP contribution in [0.2, 0.25) is 0 Å². The minimum Gasteiger partial charge on any atom is -0.497 e. The summed E-state index contributed by atoms with van der Waals surface area (Å²) in [4.78, 5) is 25.7. The Hall–Kier alpha value is -2.82. The zero-order valence-electron chi connectivity index (χ0n) is 16.3. The molecule has 0 radical (unpaired) electrons. The van der Waals surface area contributed by atoms with E-state index in [2.05, 4.69) is 0 Å². The second-order valence-corrected chi connectivity index (χ2v) is 7.22. The first-order chi connectivity index (χ1) is 12.9. The van der Waals surface area contributed by atoms with Gasteiger partial charge in [0.2, 0.25) is 0 Å². The van der Waals surface area contributed by atoms with Crippen LogP contribution in [0.25, 0.3) is 0 Å². The smallest absolute Gasteiger partial charge is 0.415 e. The first-order valence-corrected chi connectivity index (χ1v) is 9.00. The lowest BCUT2D eigenvalue weighted by Gasteiger charge is -2.34. The highest BCUT2D eigenvalue weighted by molar-refractivity contribution is 5.89. The molecule has 2 rings (SSSR count). The lowest BCUT2D eigenvalue weighted by Crippen LogP contribution is -2.39. The largest absolute Gasteiger partial charge is 0.497 e. The number of amides is 1. The molecule has 2 aromatic carbocycles. The molecular formula is C22H27NO4. The molecule has 0 saturated heterocycles. The maximum atomic E-state index is 13.1. The van der Waals surface area contributed by atoms with Crippen LogP contribution in [0.3, 0.4) is 0 Å². The Balaban J connectivity index is 2.48. The van der Waals surface area contributed by atoms with Crippen LogP contribution < -0.4 is 9.64 Å². The highest BCUT2D eigenvalue weighted by Crippen LogP contribution is 2.33. The maximum Gasteiger partial charge on any atom is 0.415 e. The molecule has 144 valence electrons. The van der Waals surface area contributed by atoms with Crippen molar-refractivity contribution in [1.29, 1.82) is 0 Å². The van der Waals surface area contributed by atoms with Crippen LogP contribution in [-0.2, 0) is 9.53 Å². The van der Waals surface area contributed by atoms with Crippen molar-refractivity contribution < 1.29 is 19.1 Å². The van der Waals surface area contributed by atoms with Crippen LogP contribution in [0.15, 0.2) is 54.6 Å². The minimum absolute atomic E-state index is 0.320. The molecule has 27 heavy (non-hydrogen) atoms. The van der Waals surface area contributed by atoms with Gasteiger partial charge in [0.05, 0.1) is 13.2 Å². The van der Waals surface area contributed by atoms with Gasteiger partial charge in [-0.3, -0.25) is 4.90 Å². The summed E-state index contributed by atoms with van der Waals surface area (Å²) < 4.78 is 10.9. The Morgan fingerprint density at radius 1 is 1.07 bits per heavy atom. The predicted molar refractivity (Wildman–Crippen MR) is 106 cm³/mol. The van der Waals surface area contributed by atoms with Crippen LogP contribution in [0.4, 0.5) is 10.5 Å². The summed E-state index contributed by atoms with van der Waals surface area (Å²) in [6.45, 7) is 5.50. The second-order valence-electron chi connectivity index (χ2n) is 7.22. The molecule has 0 aromatic heterocycles. The van der Waals surface area contributed by atoms with E-state index in [0.29, 0.717) is 24.3 Å². The van der Waals surface area contributed by atoms with E-state index in [-0.39, 0.29) is 6.04 Å². The van der Waals surface area contributed by atoms with Gasteiger partial charge in [0, 0.05) is 12.1 Å². The van der Waals surface area contributed by atoms with Crippen molar-refractivity contribution >= 4 is 18.1 Å². The van der Waals surface area contributed by atoms with Gasteiger partial charge in [-0.05, 0) is 57.0 Å². The molecule has 0 aliphatic heterocycles. The third-order valence-corrected chi connectivity index (χ3v) is 3.99. The molecule has 0 aliphatic carbocycles. The zero-order chi connectivity index (χ0) is 19.9. The fourth-order valence-corrected chi connectivity index (χ4v) is 2.81. The quantitative estimate of drug-likeness (QED) is 0.633. The van der Waals surface area contributed by atoms with Crippen molar-refractivity contribution in [3.8, 4) is 5.75 Å². The molecule has 0 saturated carbocycles. The van der Waals surface area contributed by atoms with Gasteiger partial charge in [-0.15, -0.1) is 0 Å². The molecule has 1 amide bonds. The van der Waals surface area contributed by atoms with E-state index in [1.54, 1.807) is 24.1 Å². The average molecular weight is 369 g/mol. The highest BCUT2D eigenvalue weighted by Gasteiger charge is 2.30. The molecule has 1 atom stereocenters. The van der Waals surface area contributed by atoms with Gasteiger partial charge < -0.3 is 14.3 Å². The molecule has 0 unspecified atom stereocenters. The van der Waals surface area contributed by atoms with Crippen LogP contribution in [0, 0.1) is 0 Å². The number of ether oxygens (including phenoxy) is 2. The standard InChI is InChI=1S/C22H27NO4/c1-22(2,3)27-21(25)23(18-12-14-19(26-4)15-13-18)20(11-8-16-24)17-9-6-5-7-10-17/h5-7,9-10,12-16,20H,8,11H2,1-4H3/t20-/m1/s1. The number of aldehydes is 1. The van der Waals surface area contributed by atoms with Gasteiger partial charge in [0.25, 0.3) is 0 Å². The Bertz CT molecular complexity index is 735. The number of rotatable bonds is 7. The van der Waals surface area contributed by atoms with Gasteiger partial charge in [0.15, 0.2) is 0 Å². The van der Waals surface area contributed by atoms with Crippen molar-refractivity contribution in [3.63, 3.8) is 0 Å². The Morgan fingerprint density at radius 3 is 2.22 bits per heavy atom. The summed E-state index contributed by atoms with van der Waals surface area (Å²) in [5.74, 6) is 0.701.